The van der Waals surface area contributed by atoms with Crippen LogP contribution < -0.4 is 10.1 Å². The summed E-state index contributed by atoms with van der Waals surface area (Å²) in [5.41, 5.74) is 0.817. The van der Waals surface area contributed by atoms with Gasteiger partial charge in [-0.05, 0) is 17.7 Å². The molecular weight excluding hydrogens is 206 g/mol. The molecule has 0 aromatic heterocycles. The lowest BCUT2D eigenvalue weighted by molar-refractivity contribution is -0.122. The topological polar surface area (TPSA) is 58.6 Å². The van der Waals surface area contributed by atoms with Gasteiger partial charge in [0.2, 0.25) is 0 Å². The summed E-state index contributed by atoms with van der Waals surface area (Å²) in [5, 5.41) is 11.2. The van der Waals surface area contributed by atoms with Crippen LogP contribution in [0.15, 0.2) is 24.3 Å². The number of rotatable bonds is 4. The zero-order valence-corrected chi connectivity index (χ0v) is 7.99. The zero-order valence-electron chi connectivity index (χ0n) is 7.99. The standard InChI is InChI=1S/C10H13NO3.2CH4/c1-11-10(13)7-14-9-4-2-8(6-12)3-5-9;;/h2-5,12H,6-7H2,1H3,(H,11,13);2*1H4. The van der Waals surface area contributed by atoms with E-state index in [-0.39, 0.29) is 34.0 Å². The number of benzene rings is 1. The second kappa shape index (κ2) is 8.73. The van der Waals surface area contributed by atoms with Crippen LogP contribution in [0.1, 0.15) is 20.4 Å². The van der Waals surface area contributed by atoms with Crippen LogP contribution in [0, 0.1) is 0 Å². The van der Waals surface area contributed by atoms with Gasteiger partial charge in [0, 0.05) is 7.05 Å². The average molecular weight is 227 g/mol. The molecule has 0 atom stereocenters. The van der Waals surface area contributed by atoms with Crippen LogP contribution in [0.5, 0.6) is 5.75 Å². The van der Waals surface area contributed by atoms with Crippen LogP contribution in [-0.4, -0.2) is 24.7 Å². The van der Waals surface area contributed by atoms with Crippen molar-refractivity contribution < 1.29 is 14.6 Å². The number of aliphatic hydroxyl groups excluding tert-OH is 1. The highest BCUT2D eigenvalue weighted by Gasteiger charge is 1.99. The summed E-state index contributed by atoms with van der Waals surface area (Å²) in [4.78, 5) is 10.8. The number of nitrogens with one attached hydrogen (secondary N) is 1. The van der Waals surface area contributed by atoms with Crippen LogP contribution in [0.2, 0.25) is 0 Å². The number of hydrogen-bond donors (Lipinski definition) is 2. The minimum Gasteiger partial charge on any atom is -0.484 e. The van der Waals surface area contributed by atoms with E-state index in [9.17, 15) is 4.79 Å². The third kappa shape index (κ3) is 5.36. The summed E-state index contributed by atoms with van der Waals surface area (Å²) in [6.07, 6.45) is 0. The van der Waals surface area contributed by atoms with Gasteiger partial charge in [0.25, 0.3) is 5.91 Å². The Hall–Kier alpha value is -1.55. The molecular formula is C12H21NO3. The lowest BCUT2D eigenvalue weighted by Crippen LogP contribution is -2.24. The first kappa shape index (κ1) is 16.9. The van der Waals surface area contributed by atoms with Gasteiger partial charge in [0.15, 0.2) is 6.61 Å². The molecule has 0 spiro atoms. The molecule has 4 heteroatoms. The highest BCUT2D eigenvalue weighted by Crippen LogP contribution is 2.11. The number of carbonyl (C=O) groups excluding carboxylic acids is 1. The van der Waals surface area contributed by atoms with Crippen LogP contribution in [0.4, 0.5) is 0 Å². The van der Waals surface area contributed by atoms with Gasteiger partial charge in [0.1, 0.15) is 5.75 Å². The van der Waals surface area contributed by atoms with Crippen molar-refractivity contribution in [2.45, 2.75) is 21.5 Å². The van der Waals surface area contributed by atoms with Crippen LogP contribution in [0.25, 0.3) is 0 Å². The predicted octanol–water partition coefficient (Wildman–Crippen LogP) is 1.58. The summed E-state index contributed by atoms with van der Waals surface area (Å²) in [6, 6.07) is 6.93. The van der Waals surface area contributed by atoms with Crippen LogP contribution >= 0.6 is 0 Å². The summed E-state index contributed by atoms with van der Waals surface area (Å²) in [5.74, 6) is 0.446. The average Bonchev–Trinajstić information content (AvgIpc) is 2.26. The summed E-state index contributed by atoms with van der Waals surface area (Å²) < 4.78 is 5.16. The maximum atomic E-state index is 10.8. The minimum atomic E-state index is -0.170. The fourth-order valence-electron chi connectivity index (χ4n) is 0.912. The molecule has 0 radical (unpaired) electrons. The molecule has 1 rings (SSSR count). The first-order valence-corrected chi connectivity index (χ1v) is 4.29. The molecule has 0 aliphatic carbocycles. The number of likely N-dealkylation sites (N-methyl/N-ethyl adjacent to an activating group) is 1. The maximum Gasteiger partial charge on any atom is 0.257 e. The molecule has 16 heavy (non-hydrogen) atoms. The highest BCUT2D eigenvalue weighted by molar-refractivity contribution is 5.77. The van der Waals surface area contributed by atoms with Gasteiger partial charge in [-0.1, -0.05) is 27.0 Å². The molecule has 0 saturated carbocycles. The number of carbonyl (C=O) groups is 1. The fraction of sp³-hybridized carbons (Fsp3) is 0.417. The molecule has 1 aromatic rings. The Labute approximate surface area is 97.3 Å². The maximum absolute atomic E-state index is 10.8. The van der Waals surface area contributed by atoms with E-state index in [0.717, 1.165) is 5.56 Å². The predicted molar refractivity (Wildman–Crippen MR) is 65.4 cm³/mol. The van der Waals surface area contributed by atoms with Gasteiger partial charge in [-0.15, -0.1) is 0 Å². The second-order valence-electron chi connectivity index (χ2n) is 2.76. The van der Waals surface area contributed by atoms with Crippen molar-refractivity contribution in [3.8, 4) is 5.75 Å². The lowest BCUT2D eigenvalue weighted by Gasteiger charge is -2.05. The van der Waals surface area contributed by atoms with Crippen LogP contribution in [0.3, 0.4) is 0 Å². The Bertz CT molecular complexity index is 296. The van der Waals surface area contributed by atoms with Crippen molar-refractivity contribution in [3.05, 3.63) is 29.8 Å². The van der Waals surface area contributed by atoms with Gasteiger partial charge in [-0.3, -0.25) is 4.79 Å². The fourth-order valence-corrected chi connectivity index (χ4v) is 0.912. The number of aliphatic hydroxyl groups is 1. The van der Waals surface area contributed by atoms with E-state index in [0.29, 0.717) is 5.75 Å². The Morgan fingerprint density at radius 3 is 2.31 bits per heavy atom. The van der Waals surface area contributed by atoms with Crippen LogP contribution in [-0.2, 0) is 11.4 Å². The number of hydrogen-bond acceptors (Lipinski definition) is 3. The van der Waals surface area contributed by atoms with E-state index < -0.39 is 0 Å². The van der Waals surface area contributed by atoms with Crippen molar-refractivity contribution in [2.75, 3.05) is 13.7 Å². The smallest absolute Gasteiger partial charge is 0.257 e. The minimum absolute atomic E-state index is 0. The lowest BCUT2D eigenvalue weighted by atomic mass is 10.2. The number of ether oxygens (including phenoxy) is 1. The molecule has 0 fully saturated rings. The molecule has 0 heterocycles. The molecule has 0 saturated heterocycles. The SMILES string of the molecule is C.C.CNC(=O)COc1ccc(CO)cc1. The first-order chi connectivity index (χ1) is 6.76. The van der Waals surface area contributed by atoms with E-state index in [2.05, 4.69) is 5.32 Å². The zero-order chi connectivity index (χ0) is 10.4. The summed E-state index contributed by atoms with van der Waals surface area (Å²) >= 11 is 0. The van der Waals surface area contributed by atoms with Gasteiger partial charge >= 0.3 is 0 Å². The highest BCUT2D eigenvalue weighted by atomic mass is 16.5. The Balaban J connectivity index is 0. The largest absolute Gasteiger partial charge is 0.484 e. The number of amides is 1. The molecule has 2 N–H and O–H groups in total. The van der Waals surface area contributed by atoms with E-state index in [1.807, 2.05) is 0 Å². The van der Waals surface area contributed by atoms with Gasteiger partial charge in [-0.2, -0.15) is 0 Å². The van der Waals surface area contributed by atoms with Gasteiger partial charge < -0.3 is 15.2 Å². The van der Waals surface area contributed by atoms with E-state index in [1.54, 1.807) is 31.3 Å². The third-order valence-corrected chi connectivity index (χ3v) is 1.75. The van der Waals surface area contributed by atoms with Gasteiger partial charge in [-0.25, -0.2) is 0 Å². The van der Waals surface area contributed by atoms with Gasteiger partial charge in [0.05, 0.1) is 6.61 Å². The van der Waals surface area contributed by atoms with E-state index in [1.165, 1.54) is 0 Å². The molecule has 0 aliphatic heterocycles. The van der Waals surface area contributed by atoms with E-state index in [4.69, 9.17) is 9.84 Å². The summed E-state index contributed by atoms with van der Waals surface area (Å²) in [6.45, 7) is 0.0185. The van der Waals surface area contributed by atoms with Crippen molar-refractivity contribution in [3.63, 3.8) is 0 Å². The molecule has 1 amide bonds. The first-order valence-electron chi connectivity index (χ1n) is 4.29. The molecule has 0 aliphatic rings. The van der Waals surface area contributed by atoms with Crippen molar-refractivity contribution in [2.24, 2.45) is 0 Å². The molecule has 4 nitrogen and oxygen atoms in total. The van der Waals surface area contributed by atoms with E-state index >= 15 is 0 Å². The Morgan fingerprint density at radius 1 is 1.31 bits per heavy atom. The Kier molecular flexibility index (Phi) is 9.21. The second-order valence-corrected chi connectivity index (χ2v) is 2.76. The Morgan fingerprint density at radius 2 is 1.88 bits per heavy atom. The molecule has 0 unspecified atom stereocenters. The van der Waals surface area contributed by atoms with Crippen molar-refractivity contribution in [1.82, 2.24) is 5.32 Å². The normalized spacial score (nSPS) is 8.38. The molecule has 1 aromatic carbocycles. The molecule has 92 valence electrons. The van der Waals surface area contributed by atoms with Crippen molar-refractivity contribution in [1.29, 1.82) is 0 Å². The molecule has 0 bridgehead atoms. The van der Waals surface area contributed by atoms with Crippen molar-refractivity contribution >= 4 is 5.91 Å². The third-order valence-electron chi connectivity index (χ3n) is 1.75. The monoisotopic (exact) mass is 227 g/mol. The quantitative estimate of drug-likeness (QED) is 0.821. The summed E-state index contributed by atoms with van der Waals surface area (Å²) in [7, 11) is 1.56.